The third-order valence-electron chi connectivity index (χ3n) is 6.46. The first kappa shape index (κ1) is 29.6. The molecule has 0 aromatic rings. The zero-order valence-corrected chi connectivity index (χ0v) is 20.7. The van der Waals surface area contributed by atoms with E-state index in [2.05, 4.69) is 24.9 Å². The molecule has 3 nitrogen and oxygen atoms in total. The van der Waals surface area contributed by atoms with E-state index in [0.717, 1.165) is 32.5 Å². The van der Waals surface area contributed by atoms with Crippen LogP contribution in [0.4, 0.5) is 0 Å². The average molecular weight is 424 g/mol. The molecule has 2 atom stereocenters. The van der Waals surface area contributed by atoms with Crippen molar-refractivity contribution >= 4 is 0 Å². The normalized spacial score (nSPS) is 13.4. The van der Waals surface area contributed by atoms with Crippen LogP contribution >= 0.6 is 0 Å². The van der Waals surface area contributed by atoms with Crippen LogP contribution in [0.25, 0.3) is 0 Å². The minimum absolute atomic E-state index is 0.240. The first-order valence-electron chi connectivity index (χ1n) is 13.5. The predicted molar refractivity (Wildman–Crippen MR) is 137 cm³/mol. The molecule has 0 saturated heterocycles. The summed E-state index contributed by atoms with van der Waals surface area (Å²) >= 11 is 0. The molecule has 0 amide bonds. The van der Waals surface area contributed by atoms with Crippen molar-refractivity contribution in [3.8, 4) is 0 Å². The Morgan fingerprint density at radius 1 is 0.667 bits per heavy atom. The lowest BCUT2D eigenvalue weighted by atomic mass is 9.91. The summed E-state index contributed by atoms with van der Waals surface area (Å²) in [6.07, 6.45) is 28.1. The van der Waals surface area contributed by atoms with Crippen LogP contribution in [0.1, 0.15) is 129 Å². The molecule has 0 radical (unpaired) electrons. The molecular weight excluding hydrogens is 366 g/mol. The van der Waals surface area contributed by atoms with Crippen LogP contribution in [-0.4, -0.2) is 25.7 Å². The third-order valence-corrected chi connectivity index (χ3v) is 6.46. The van der Waals surface area contributed by atoms with Gasteiger partial charge < -0.3 is 16.8 Å². The standard InChI is InChI=1S/C27H57N3/c1-3-5-6-7-8-9-10-11-12-13-14-15-16-17-18-19-21-26(4-2)27(29)22-25-30-24-20-23-28/h4,26-27,30H,2-3,5-25,28-29H2,1H3. The van der Waals surface area contributed by atoms with E-state index in [4.69, 9.17) is 11.5 Å². The molecule has 0 spiro atoms. The van der Waals surface area contributed by atoms with Gasteiger partial charge in [0.15, 0.2) is 0 Å². The van der Waals surface area contributed by atoms with E-state index in [1.165, 1.54) is 109 Å². The minimum Gasteiger partial charge on any atom is -0.330 e. The van der Waals surface area contributed by atoms with E-state index >= 15 is 0 Å². The Hall–Kier alpha value is -0.380. The summed E-state index contributed by atoms with van der Waals surface area (Å²) in [5.41, 5.74) is 11.9. The number of hydrogen-bond acceptors (Lipinski definition) is 3. The van der Waals surface area contributed by atoms with Crippen LogP contribution in [0, 0.1) is 5.92 Å². The van der Waals surface area contributed by atoms with Crippen LogP contribution in [-0.2, 0) is 0 Å². The van der Waals surface area contributed by atoms with Crippen LogP contribution in [0.5, 0.6) is 0 Å². The Labute approximate surface area is 190 Å². The Morgan fingerprint density at radius 2 is 1.13 bits per heavy atom. The van der Waals surface area contributed by atoms with Crippen molar-refractivity contribution in [3.05, 3.63) is 12.7 Å². The highest BCUT2D eigenvalue weighted by Crippen LogP contribution is 2.18. The number of unbranched alkanes of at least 4 members (excludes halogenated alkanes) is 15. The van der Waals surface area contributed by atoms with Crippen molar-refractivity contribution < 1.29 is 0 Å². The Morgan fingerprint density at radius 3 is 1.57 bits per heavy atom. The van der Waals surface area contributed by atoms with Gasteiger partial charge >= 0.3 is 0 Å². The van der Waals surface area contributed by atoms with E-state index in [9.17, 15) is 0 Å². The van der Waals surface area contributed by atoms with Crippen molar-refractivity contribution in [2.75, 3.05) is 19.6 Å². The quantitative estimate of drug-likeness (QED) is 0.108. The first-order valence-corrected chi connectivity index (χ1v) is 13.5. The molecular formula is C27H57N3. The maximum absolute atomic E-state index is 6.37. The van der Waals surface area contributed by atoms with Gasteiger partial charge in [-0.2, -0.15) is 0 Å². The molecule has 0 fully saturated rings. The molecule has 180 valence electrons. The van der Waals surface area contributed by atoms with Crippen molar-refractivity contribution in [1.29, 1.82) is 0 Å². The second-order valence-corrected chi connectivity index (χ2v) is 9.34. The molecule has 3 heteroatoms. The number of nitrogens with one attached hydrogen (secondary N) is 1. The molecule has 0 heterocycles. The largest absolute Gasteiger partial charge is 0.330 e. The SMILES string of the molecule is C=CC(CCCCCCCCCCCCCCCCCC)C(N)CCNCCCN. The minimum atomic E-state index is 0.240. The second kappa shape index (κ2) is 24.9. The molecule has 0 aromatic carbocycles. The number of nitrogens with two attached hydrogens (primary N) is 2. The highest BCUT2D eigenvalue weighted by Gasteiger charge is 2.13. The molecule has 0 rings (SSSR count). The average Bonchev–Trinajstić information content (AvgIpc) is 2.75. The van der Waals surface area contributed by atoms with Crippen molar-refractivity contribution in [2.24, 2.45) is 17.4 Å². The summed E-state index contributed by atoms with van der Waals surface area (Å²) in [5, 5.41) is 3.43. The van der Waals surface area contributed by atoms with E-state index < -0.39 is 0 Å². The van der Waals surface area contributed by atoms with Crippen LogP contribution in [0.15, 0.2) is 12.7 Å². The highest BCUT2D eigenvalue weighted by molar-refractivity contribution is 4.87. The summed E-state index contributed by atoms with van der Waals surface area (Å²) in [6.45, 7) is 9.06. The fraction of sp³-hybridized carbons (Fsp3) is 0.926. The van der Waals surface area contributed by atoms with Gasteiger partial charge in [0.2, 0.25) is 0 Å². The predicted octanol–water partition coefficient (Wildman–Crippen LogP) is 7.10. The molecule has 0 bridgehead atoms. The van der Waals surface area contributed by atoms with Crippen molar-refractivity contribution in [3.63, 3.8) is 0 Å². The zero-order chi connectivity index (χ0) is 22.1. The molecule has 0 aliphatic rings. The molecule has 2 unspecified atom stereocenters. The third kappa shape index (κ3) is 20.9. The van der Waals surface area contributed by atoms with E-state index in [-0.39, 0.29) is 6.04 Å². The molecule has 0 aliphatic carbocycles. The van der Waals surface area contributed by atoms with Gasteiger partial charge in [0.05, 0.1) is 0 Å². The van der Waals surface area contributed by atoms with Crippen LogP contribution in [0.2, 0.25) is 0 Å². The van der Waals surface area contributed by atoms with Gasteiger partial charge in [-0.25, -0.2) is 0 Å². The summed E-state index contributed by atoms with van der Waals surface area (Å²) < 4.78 is 0. The van der Waals surface area contributed by atoms with Gasteiger partial charge in [-0.05, 0) is 44.8 Å². The molecule has 0 saturated carbocycles. The van der Waals surface area contributed by atoms with Gasteiger partial charge in [0, 0.05) is 6.04 Å². The summed E-state index contributed by atoms with van der Waals surface area (Å²) in [6, 6.07) is 0.240. The van der Waals surface area contributed by atoms with Crippen molar-refractivity contribution in [2.45, 2.75) is 135 Å². The maximum atomic E-state index is 6.37. The van der Waals surface area contributed by atoms with E-state index in [1.54, 1.807) is 0 Å². The Kier molecular flexibility index (Phi) is 24.6. The van der Waals surface area contributed by atoms with Gasteiger partial charge in [-0.3, -0.25) is 0 Å². The second-order valence-electron chi connectivity index (χ2n) is 9.34. The van der Waals surface area contributed by atoms with Crippen LogP contribution in [0.3, 0.4) is 0 Å². The molecule has 0 aliphatic heterocycles. The van der Waals surface area contributed by atoms with E-state index in [1.807, 2.05) is 0 Å². The monoisotopic (exact) mass is 423 g/mol. The Balaban J connectivity index is 3.35. The topological polar surface area (TPSA) is 64.1 Å². The molecule has 5 N–H and O–H groups in total. The summed E-state index contributed by atoms with van der Waals surface area (Å²) in [5.74, 6) is 0.466. The summed E-state index contributed by atoms with van der Waals surface area (Å²) in [4.78, 5) is 0. The zero-order valence-electron chi connectivity index (χ0n) is 20.7. The molecule has 0 aromatic heterocycles. The molecule has 30 heavy (non-hydrogen) atoms. The maximum Gasteiger partial charge on any atom is 0.0114 e. The number of rotatable bonds is 25. The summed E-state index contributed by atoms with van der Waals surface area (Å²) in [7, 11) is 0. The Bertz CT molecular complexity index is 332. The fourth-order valence-corrected chi connectivity index (χ4v) is 4.27. The van der Waals surface area contributed by atoms with Gasteiger partial charge in [-0.15, -0.1) is 6.58 Å². The van der Waals surface area contributed by atoms with Gasteiger partial charge in [-0.1, -0.05) is 116 Å². The fourth-order valence-electron chi connectivity index (χ4n) is 4.27. The van der Waals surface area contributed by atoms with Crippen molar-refractivity contribution in [1.82, 2.24) is 5.32 Å². The lowest BCUT2D eigenvalue weighted by Gasteiger charge is -2.21. The van der Waals surface area contributed by atoms with E-state index in [0.29, 0.717) is 5.92 Å². The number of hydrogen-bond donors (Lipinski definition) is 3. The van der Waals surface area contributed by atoms with Gasteiger partial charge in [0.25, 0.3) is 0 Å². The first-order chi connectivity index (χ1) is 14.8. The van der Waals surface area contributed by atoms with Crippen LogP contribution < -0.4 is 16.8 Å². The van der Waals surface area contributed by atoms with Gasteiger partial charge in [0.1, 0.15) is 0 Å². The highest BCUT2D eigenvalue weighted by atomic mass is 14.9. The smallest absolute Gasteiger partial charge is 0.0114 e. The lowest BCUT2D eigenvalue weighted by molar-refractivity contribution is 0.415. The lowest BCUT2D eigenvalue weighted by Crippen LogP contribution is -2.33.